The Balaban J connectivity index is 1.68. The van der Waals surface area contributed by atoms with Crippen LogP contribution in [-0.4, -0.2) is 52.8 Å². The van der Waals surface area contributed by atoms with Crippen molar-refractivity contribution in [3.05, 3.63) is 94.7 Å². The number of benzene rings is 4. The Kier molecular flexibility index (Phi) is 9.17. The average molecular weight is 629 g/mol. The smallest absolute Gasteiger partial charge is 0.284 e. The maximum absolute atomic E-state index is 14.3. The molecule has 0 unspecified atom stereocenters. The number of rotatable bonds is 11. The lowest BCUT2D eigenvalue weighted by molar-refractivity contribution is 0.0492. The van der Waals surface area contributed by atoms with E-state index in [1.807, 2.05) is 73.7 Å². The Morgan fingerprint density at radius 3 is 2.00 bits per heavy atom. The molecule has 10 heteroatoms. The summed E-state index contributed by atoms with van der Waals surface area (Å²) < 4.78 is 56.8. The summed E-state index contributed by atoms with van der Waals surface area (Å²) in [4.78, 5) is 0.236. The van der Waals surface area contributed by atoms with Crippen LogP contribution in [0, 0.1) is 20.8 Å². The first kappa shape index (κ1) is 31.6. The maximum Gasteiger partial charge on any atom is 0.284 e. The topological polar surface area (TPSA) is 98.1 Å². The second-order valence-electron chi connectivity index (χ2n) is 10.6. The molecule has 0 N–H and O–H groups in total. The van der Waals surface area contributed by atoms with Crippen LogP contribution in [0.25, 0.3) is 34.2 Å². The molecule has 4 aromatic carbocycles. The van der Waals surface area contributed by atoms with E-state index in [0.29, 0.717) is 50.7 Å². The predicted molar refractivity (Wildman–Crippen MR) is 176 cm³/mol. The zero-order chi connectivity index (χ0) is 32.3. The van der Waals surface area contributed by atoms with Gasteiger partial charge in [0.25, 0.3) is 10.0 Å². The Morgan fingerprint density at radius 1 is 0.711 bits per heavy atom. The van der Waals surface area contributed by atoms with Crippen LogP contribution in [0.5, 0.6) is 23.0 Å². The third-order valence-corrected chi connectivity index (χ3v) is 9.33. The van der Waals surface area contributed by atoms with Gasteiger partial charge in [-0.05, 0) is 91.1 Å². The molecule has 234 valence electrons. The summed E-state index contributed by atoms with van der Waals surface area (Å²) in [6.07, 6.45) is 3.66. The van der Waals surface area contributed by atoms with Crippen molar-refractivity contribution in [2.45, 2.75) is 25.7 Å². The van der Waals surface area contributed by atoms with Crippen LogP contribution < -0.4 is 18.9 Å². The van der Waals surface area contributed by atoms with E-state index in [4.69, 9.17) is 23.7 Å². The molecule has 0 bridgehead atoms. The van der Waals surface area contributed by atoms with Crippen LogP contribution in [-0.2, 0) is 14.8 Å². The highest BCUT2D eigenvalue weighted by molar-refractivity contribution is 7.90. The van der Waals surface area contributed by atoms with Gasteiger partial charge in [0.1, 0.15) is 0 Å². The summed E-state index contributed by atoms with van der Waals surface area (Å²) in [5, 5.41) is 5.35. The zero-order valence-electron chi connectivity index (χ0n) is 26.4. The number of aromatic nitrogens is 2. The van der Waals surface area contributed by atoms with E-state index in [1.54, 1.807) is 54.4 Å². The second-order valence-corrected chi connectivity index (χ2v) is 12.3. The highest BCUT2D eigenvalue weighted by atomic mass is 32.2. The highest BCUT2D eigenvalue weighted by Crippen LogP contribution is 2.36. The van der Waals surface area contributed by atoms with Crippen LogP contribution in [0.1, 0.15) is 27.9 Å². The van der Waals surface area contributed by atoms with Crippen LogP contribution in [0.4, 0.5) is 0 Å². The first-order chi connectivity index (χ1) is 21.6. The van der Waals surface area contributed by atoms with Crippen molar-refractivity contribution >= 4 is 33.1 Å². The number of methoxy groups -OCH3 is 4. The number of hydrogen-bond donors (Lipinski definition) is 0. The first-order valence-corrected chi connectivity index (χ1v) is 15.6. The van der Waals surface area contributed by atoms with Crippen molar-refractivity contribution in [3.63, 3.8) is 0 Å². The fourth-order valence-corrected chi connectivity index (χ4v) is 7.19. The zero-order valence-corrected chi connectivity index (χ0v) is 27.2. The van der Waals surface area contributed by atoms with E-state index < -0.39 is 10.0 Å². The Bertz CT molecular complexity index is 1990. The van der Waals surface area contributed by atoms with Crippen LogP contribution >= 0.6 is 0 Å². The van der Waals surface area contributed by atoms with E-state index in [2.05, 4.69) is 5.10 Å². The molecule has 0 saturated carbocycles. The predicted octanol–water partition coefficient (Wildman–Crippen LogP) is 7.04. The molecule has 0 fully saturated rings. The molecule has 0 aliphatic heterocycles. The van der Waals surface area contributed by atoms with Gasteiger partial charge in [-0.15, -0.1) is 0 Å². The SMILES string of the molecule is COCOc1ccc(-c2ccc3c(C=Cc4ccc(OC)c(OC)c4)nn(S(=O)(=O)c4c(C)cc(C)cc4C)c3c2)cc1OC. The summed E-state index contributed by atoms with van der Waals surface area (Å²) in [5.41, 5.74) is 5.68. The minimum Gasteiger partial charge on any atom is -0.493 e. The van der Waals surface area contributed by atoms with E-state index in [9.17, 15) is 8.42 Å². The maximum atomic E-state index is 14.3. The molecule has 1 heterocycles. The van der Waals surface area contributed by atoms with Gasteiger partial charge >= 0.3 is 0 Å². The Hall–Kier alpha value is -4.80. The van der Waals surface area contributed by atoms with Crippen molar-refractivity contribution in [2.75, 3.05) is 35.2 Å². The number of nitrogens with zero attached hydrogens (tertiary/aromatic N) is 2. The summed E-state index contributed by atoms with van der Waals surface area (Å²) in [7, 11) is 2.19. The van der Waals surface area contributed by atoms with Gasteiger partial charge in [0.05, 0.1) is 37.4 Å². The molecule has 5 rings (SSSR count). The lowest BCUT2D eigenvalue weighted by Crippen LogP contribution is -2.17. The van der Waals surface area contributed by atoms with Gasteiger partial charge in [-0.2, -0.15) is 17.6 Å². The van der Waals surface area contributed by atoms with Crippen molar-refractivity contribution in [3.8, 4) is 34.1 Å². The quantitative estimate of drug-likeness (QED) is 0.144. The van der Waals surface area contributed by atoms with E-state index in [0.717, 1.165) is 26.3 Å². The van der Waals surface area contributed by atoms with Gasteiger partial charge in [-0.1, -0.05) is 42.0 Å². The largest absolute Gasteiger partial charge is 0.493 e. The molecule has 0 aliphatic carbocycles. The molecule has 0 radical (unpaired) electrons. The molecular weight excluding hydrogens is 592 g/mol. The van der Waals surface area contributed by atoms with E-state index in [-0.39, 0.29) is 11.7 Å². The summed E-state index contributed by atoms with van der Waals surface area (Å²) in [5.74, 6) is 2.25. The Labute approximate surface area is 263 Å². The van der Waals surface area contributed by atoms with E-state index >= 15 is 0 Å². The minimum atomic E-state index is -4.08. The minimum absolute atomic E-state index is 0.0795. The number of fused-ring (bicyclic) bond motifs is 1. The van der Waals surface area contributed by atoms with Gasteiger partial charge in [0.2, 0.25) is 0 Å². The molecule has 1 aromatic heterocycles. The molecular formula is C35H36N2O7S. The summed E-state index contributed by atoms with van der Waals surface area (Å²) >= 11 is 0. The van der Waals surface area contributed by atoms with Crippen LogP contribution in [0.15, 0.2) is 71.6 Å². The fourth-order valence-electron chi connectivity index (χ4n) is 5.48. The van der Waals surface area contributed by atoms with Gasteiger partial charge in [-0.25, -0.2) is 0 Å². The Morgan fingerprint density at radius 2 is 1.33 bits per heavy atom. The molecule has 0 spiro atoms. The number of ether oxygens (including phenoxy) is 5. The summed E-state index contributed by atoms with van der Waals surface area (Å²) in [6, 6.07) is 20.4. The lowest BCUT2D eigenvalue weighted by atomic mass is 10.0. The molecule has 0 saturated heterocycles. The highest BCUT2D eigenvalue weighted by Gasteiger charge is 2.26. The van der Waals surface area contributed by atoms with Gasteiger partial charge in [-0.3, -0.25) is 0 Å². The molecule has 0 atom stereocenters. The van der Waals surface area contributed by atoms with Gasteiger partial charge in [0, 0.05) is 12.5 Å². The monoisotopic (exact) mass is 628 g/mol. The van der Waals surface area contributed by atoms with Crippen molar-refractivity contribution < 1.29 is 32.1 Å². The van der Waals surface area contributed by atoms with Crippen LogP contribution in [0.2, 0.25) is 0 Å². The number of aryl methyl sites for hydroxylation is 3. The molecule has 45 heavy (non-hydrogen) atoms. The van der Waals surface area contributed by atoms with Crippen LogP contribution in [0.3, 0.4) is 0 Å². The molecule has 0 amide bonds. The van der Waals surface area contributed by atoms with Crippen molar-refractivity contribution in [2.24, 2.45) is 0 Å². The molecule has 0 aliphatic rings. The fraction of sp³-hybridized carbons (Fsp3) is 0.229. The van der Waals surface area contributed by atoms with E-state index in [1.165, 1.54) is 0 Å². The average Bonchev–Trinajstić information content (AvgIpc) is 3.40. The number of hydrogen-bond acceptors (Lipinski definition) is 8. The molecule has 5 aromatic rings. The van der Waals surface area contributed by atoms with Gasteiger partial charge < -0.3 is 23.7 Å². The molecule has 9 nitrogen and oxygen atoms in total. The van der Waals surface area contributed by atoms with Crippen molar-refractivity contribution in [1.29, 1.82) is 0 Å². The lowest BCUT2D eigenvalue weighted by Gasteiger charge is -2.14. The van der Waals surface area contributed by atoms with Gasteiger partial charge in [0.15, 0.2) is 29.8 Å². The van der Waals surface area contributed by atoms with Crippen molar-refractivity contribution in [1.82, 2.24) is 9.19 Å². The second kappa shape index (κ2) is 13.1. The standard InChI is InChI=1S/C35H36N2O7S/c1-22-16-23(2)35(24(3)17-22)45(38,39)37-30-19-26(27-11-15-32(44-21-40-4)34(20-27)43-7)10-12-28(30)29(36-37)13-8-25-9-14-31(41-5)33(18-25)42-6/h8-20H,21H2,1-7H3. The normalized spacial score (nSPS) is 11.7. The summed E-state index contributed by atoms with van der Waals surface area (Å²) in [6.45, 7) is 5.64. The third-order valence-electron chi connectivity index (χ3n) is 7.44. The first-order valence-electron chi connectivity index (χ1n) is 14.2. The third kappa shape index (κ3) is 6.25.